The second kappa shape index (κ2) is 5.67. The fourth-order valence-corrected chi connectivity index (χ4v) is 2.40. The number of esters is 1. The second-order valence-electron chi connectivity index (χ2n) is 4.41. The first-order valence-electron chi connectivity index (χ1n) is 6.18. The van der Waals surface area contributed by atoms with Gasteiger partial charge in [-0.2, -0.15) is 0 Å². The zero-order valence-electron chi connectivity index (χ0n) is 10.5. The van der Waals surface area contributed by atoms with Crippen LogP contribution in [0.2, 0.25) is 0 Å². The summed E-state index contributed by atoms with van der Waals surface area (Å²) in [7, 11) is 1.24. The molecule has 0 bridgehead atoms. The van der Waals surface area contributed by atoms with Crippen LogP contribution in [0, 0.1) is 0 Å². The molecule has 1 fully saturated rings. The molecule has 0 radical (unpaired) electrons. The van der Waals surface area contributed by atoms with Gasteiger partial charge in [-0.05, 0) is 24.8 Å². The Morgan fingerprint density at radius 2 is 1.94 bits per heavy atom. The number of piperidine rings is 1. The summed E-state index contributed by atoms with van der Waals surface area (Å²) in [6.07, 6.45) is 2.91. The Hall–Kier alpha value is -1.84. The van der Waals surface area contributed by atoms with E-state index in [0.717, 1.165) is 24.8 Å². The molecule has 0 aromatic heterocycles. The fraction of sp³-hybridized carbons (Fsp3) is 0.429. The van der Waals surface area contributed by atoms with E-state index < -0.39 is 11.9 Å². The number of hydrogen-bond acceptors (Lipinski definition) is 3. The minimum atomic E-state index is -0.780. The van der Waals surface area contributed by atoms with Gasteiger partial charge in [0.25, 0.3) is 0 Å². The van der Waals surface area contributed by atoms with Crippen LogP contribution in [0.3, 0.4) is 0 Å². The van der Waals surface area contributed by atoms with Crippen LogP contribution < -0.4 is 0 Å². The highest BCUT2D eigenvalue weighted by Gasteiger charge is 2.31. The van der Waals surface area contributed by atoms with E-state index in [9.17, 15) is 9.59 Å². The summed E-state index contributed by atoms with van der Waals surface area (Å²) in [6, 6.07) is 9.82. The lowest BCUT2D eigenvalue weighted by Gasteiger charge is -2.35. The molecule has 18 heavy (non-hydrogen) atoms. The zero-order chi connectivity index (χ0) is 13.0. The molecule has 1 atom stereocenters. The van der Waals surface area contributed by atoms with Gasteiger partial charge in [0.2, 0.25) is 0 Å². The third-order valence-electron chi connectivity index (χ3n) is 3.31. The van der Waals surface area contributed by atoms with Crippen molar-refractivity contribution in [2.45, 2.75) is 25.3 Å². The van der Waals surface area contributed by atoms with Gasteiger partial charge in [-0.3, -0.25) is 4.79 Å². The standard InChI is InChI=1S/C14H17NO3/c1-18-14(17)13(16)15-10-6-5-9-12(15)11-7-3-2-4-8-11/h2-4,7-8,12H,5-6,9-10H2,1H3/t12-/m1/s1. The van der Waals surface area contributed by atoms with Crippen molar-refractivity contribution in [3.63, 3.8) is 0 Å². The largest absolute Gasteiger partial charge is 0.462 e. The molecule has 1 heterocycles. The first kappa shape index (κ1) is 12.6. The van der Waals surface area contributed by atoms with E-state index in [1.807, 2.05) is 30.3 Å². The summed E-state index contributed by atoms with van der Waals surface area (Å²) in [5, 5.41) is 0. The Morgan fingerprint density at radius 3 is 2.61 bits per heavy atom. The number of hydrogen-bond donors (Lipinski definition) is 0. The van der Waals surface area contributed by atoms with Crippen molar-refractivity contribution in [2.75, 3.05) is 13.7 Å². The summed E-state index contributed by atoms with van der Waals surface area (Å²) in [6.45, 7) is 0.619. The lowest BCUT2D eigenvalue weighted by molar-refractivity contribution is -0.160. The molecule has 96 valence electrons. The summed E-state index contributed by atoms with van der Waals surface area (Å²) in [5.41, 5.74) is 1.08. The van der Waals surface area contributed by atoms with Crippen LogP contribution in [0.15, 0.2) is 30.3 Å². The van der Waals surface area contributed by atoms with Crippen LogP contribution in [0.5, 0.6) is 0 Å². The van der Waals surface area contributed by atoms with Crippen LogP contribution >= 0.6 is 0 Å². The summed E-state index contributed by atoms with van der Waals surface area (Å²) in [4.78, 5) is 25.0. The highest BCUT2D eigenvalue weighted by molar-refractivity contribution is 6.32. The van der Waals surface area contributed by atoms with Crippen LogP contribution in [0.4, 0.5) is 0 Å². The van der Waals surface area contributed by atoms with Gasteiger partial charge < -0.3 is 9.64 Å². The van der Waals surface area contributed by atoms with Crippen molar-refractivity contribution in [2.24, 2.45) is 0 Å². The smallest absolute Gasteiger partial charge is 0.396 e. The molecule has 1 amide bonds. The van der Waals surface area contributed by atoms with Gasteiger partial charge in [0.1, 0.15) is 0 Å². The molecule has 0 unspecified atom stereocenters. The molecule has 1 aromatic rings. The molecule has 0 N–H and O–H groups in total. The lowest BCUT2D eigenvalue weighted by Crippen LogP contribution is -2.42. The molecule has 1 aliphatic heterocycles. The number of ether oxygens (including phenoxy) is 1. The van der Waals surface area contributed by atoms with E-state index in [4.69, 9.17) is 0 Å². The predicted octanol–water partition coefficient (Wildman–Crippen LogP) is 1.91. The van der Waals surface area contributed by atoms with E-state index in [1.54, 1.807) is 4.90 Å². The maximum atomic E-state index is 12.0. The van der Waals surface area contributed by atoms with Crippen molar-refractivity contribution in [3.05, 3.63) is 35.9 Å². The zero-order valence-corrected chi connectivity index (χ0v) is 10.5. The van der Waals surface area contributed by atoms with Crippen LogP contribution in [-0.4, -0.2) is 30.4 Å². The Balaban J connectivity index is 2.21. The highest BCUT2D eigenvalue weighted by atomic mass is 16.5. The minimum absolute atomic E-state index is 0.00782. The molecule has 1 saturated heterocycles. The summed E-state index contributed by atoms with van der Waals surface area (Å²) >= 11 is 0. The van der Waals surface area contributed by atoms with Crippen molar-refractivity contribution >= 4 is 11.9 Å². The van der Waals surface area contributed by atoms with E-state index in [1.165, 1.54) is 7.11 Å². The summed E-state index contributed by atoms with van der Waals surface area (Å²) in [5.74, 6) is -1.32. The SMILES string of the molecule is COC(=O)C(=O)N1CCCC[C@@H]1c1ccccc1. The van der Waals surface area contributed by atoms with Crippen molar-refractivity contribution in [1.82, 2.24) is 4.90 Å². The molecule has 4 heteroatoms. The van der Waals surface area contributed by atoms with Crippen LogP contribution in [0.1, 0.15) is 30.9 Å². The van der Waals surface area contributed by atoms with E-state index in [0.29, 0.717) is 6.54 Å². The fourth-order valence-electron chi connectivity index (χ4n) is 2.40. The molecular weight excluding hydrogens is 230 g/mol. The first-order valence-corrected chi connectivity index (χ1v) is 6.18. The lowest BCUT2D eigenvalue weighted by atomic mass is 9.95. The van der Waals surface area contributed by atoms with Crippen LogP contribution in [-0.2, 0) is 14.3 Å². The number of carbonyl (C=O) groups is 2. The van der Waals surface area contributed by atoms with Gasteiger partial charge in [0, 0.05) is 6.54 Å². The number of amides is 1. The molecule has 2 rings (SSSR count). The Kier molecular flexibility index (Phi) is 3.97. The average molecular weight is 247 g/mol. The van der Waals surface area contributed by atoms with Crippen molar-refractivity contribution in [1.29, 1.82) is 0 Å². The molecule has 1 aliphatic rings. The van der Waals surface area contributed by atoms with Gasteiger partial charge in [-0.1, -0.05) is 30.3 Å². The van der Waals surface area contributed by atoms with Gasteiger partial charge in [-0.15, -0.1) is 0 Å². The maximum absolute atomic E-state index is 12.0. The number of likely N-dealkylation sites (tertiary alicyclic amines) is 1. The molecule has 1 aromatic carbocycles. The Morgan fingerprint density at radius 1 is 1.22 bits per heavy atom. The first-order chi connectivity index (χ1) is 8.74. The van der Waals surface area contributed by atoms with Gasteiger partial charge in [-0.25, -0.2) is 4.79 Å². The Labute approximate surface area is 107 Å². The number of nitrogens with zero attached hydrogens (tertiary/aromatic N) is 1. The van der Waals surface area contributed by atoms with Gasteiger partial charge in [0.05, 0.1) is 13.2 Å². The molecule has 0 spiro atoms. The number of rotatable bonds is 1. The number of methoxy groups -OCH3 is 1. The van der Waals surface area contributed by atoms with E-state index in [-0.39, 0.29) is 6.04 Å². The second-order valence-corrected chi connectivity index (χ2v) is 4.41. The maximum Gasteiger partial charge on any atom is 0.396 e. The molecule has 0 saturated carbocycles. The highest BCUT2D eigenvalue weighted by Crippen LogP contribution is 2.30. The average Bonchev–Trinajstić information content (AvgIpc) is 2.46. The van der Waals surface area contributed by atoms with Gasteiger partial charge >= 0.3 is 11.9 Å². The van der Waals surface area contributed by atoms with E-state index >= 15 is 0 Å². The van der Waals surface area contributed by atoms with Crippen molar-refractivity contribution in [3.8, 4) is 0 Å². The molecule has 4 nitrogen and oxygen atoms in total. The summed E-state index contributed by atoms with van der Waals surface area (Å²) < 4.78 is 4.52. The predicted molar refractivity (Wildman–Crippen MR) is 66.8 cm³/mol. The number of benzene rings is 1. The number of carbonyl (C=O) groups excluding carboxylic acids is 2. The van der Waals surface area contributed by atoms with Crippen LogP contribution in [0.25, 0.3) is 0 Å². The third kappa shape index (κ3) is 2.53. The van der Waals surface area contributed by atoms with Gasteiger partial charge in [0.15, 0.2) is 0 Å². The van der Waals surface area contributed by atoms with E-state index in [2.05, 4.69) is 4.74 Å². The topological polar surface area (TPSA) is 46.6 Å². The minimum Gasteiger partial charge on any atom is -0.462 e. The third-order valence-corrected chi connectivity index (χ3v) is 3.31. The quantitative estimate of drug-likeness (QED) is 0.562. The molecule has 0 aliphatic carbocycles. The normalized spacial score (nSPS) is 19.4. The monoisotopic (exact) mass is 247 g/mol. The Bertz CT molecular complexity index is 430. The van der Waals surface area contributed by atoms with Crippen molar-refractivity contribution < 1.29 is 14.3 Å². The molecular formula is C14H17NO3.